The number of nitriles is 2. The fourth-order valence-corrected chi connectivity index (χ4v) is 15.7. The van der Waals surface area contributed by atoms with Crippen molar-refractivity contribution in [1.82, 2.24) is 9.13 Å². The maximum absolute atomic E-state index is 12.3. The minimum atomic E-state index is 0.325. The van der Waals surface area contributed by atoms with E-state index in [0.717, 1.165) is 119 Å². The molecule has 358 valence electrons. The molecule has 4 nitrogen and oxygen atoms in total. The van der Waals surface area contributed by atoms with Gasteiger partial charge in [-0.2, -0.15) is 10.5 Å². The van der Waals surface area contributed by atoms with E-state index < -0.39 is 0 Å². The zero-order valence-electron chi connectivity index (χ0n) is 41.5. The van der Waals surface area contributed by atoms with Crippen molar-refractivity contribution < 1.29 is 0 Å². The van der Waals surface area contributed by atoms with E-state index in [1.807, 2.05) is 22.7 Å². The molecule has 4 aromatic heterocycles. The van der Waals surface area contributed by atoms with Crippen molar-refractivity contribution >= 4 is 150 Å². The highest BCUT2D eigenvalue weighted by atomic mass is 32.1. The zero-order valence-corrected chi connectivity index (χ0v) is 43.2. The van der Waals surface area contributed by atoms with Gasteiger partial charge in [0.2, 0.25) is 0 Å². The van der Waals surface area contributed by atoms with E-state index in [-0.39, 0.29) is 0 Å². The standard InChI is InChI=1S/C72H38N4S2/c73-39-59-60(40-74)66(46-32-30-44-28-26-42-14-2-4-16-48(42)58(44)38-46)70(76-62-22-10-6-18-50(62)54-34-36-56-52-20-8-12-24-64(52)78-72(56)68(54)76)69(65(59)45-31-29-43-27-25-41-13-1-3-15-47(41)57(43)37-45)75-61-21-9-5-17-49(61)53-33-35-55-51-19-7-11-23-63(51)77-71(55)67(53)75/h1-38H. The normalized spacial score (nSPS) is 12.1. The zero-order chi connectivity index (χ0) is 51.3. The van der Waals surface area contributed by atoms with E-state index in [2.05, 4.69) is 252 Å². The molecular formula is C72H38N4S2. The lowest BCUT2D eigenvalue weighted by Gasteiger charge is -2.27. The van der Waals surface area contributed by atoms with Crippen LogP contribution >= 0.6 is 22.7 Å². The van der Waals surface area contributed by atoms with E-state index in [0.29, 0.717) is 22.3 Å². The first-order valence-corrected chi connectivity index (χ1v) is 27.8. The van der Waals surface area contributed by atoms with Gasteiger partial charge in [0, 0.05) is 63.6 Å². The Kier molecular flexibility index (Phi) is 8.98. The highest BCUT2D eigenvalue weighted by molar-refractivity contribution is 7.27. The molecule has 78 heavy (non-hydrogen) atoms. The summed E-state index contributed by atoms with van der Waals surface area (Å²) >= 11 is 3.62. The topological polar surface area (TPSA) is 57.4 Å². The van der Waals surface area contributed by atoms with Crippen molar-refractivity contribution in [3.05, 3.63) is 242 Å². The molecule has 0 saturated carbocycles. The van der Waals surface area contributed by atoms with Crippen LogP contribution in [0, 0.1) is 22.7 Å². The molecule has 13 aromatic carbocycles. The van der Waals surface area contributed by atoms with Crippen molar-refractivity contribution in [2.75, 3.05) is 0 Å². The third-order valence-corrected chi connectivity index (χ3v) is 18.9. The molecular weight excluding hydrogens is 985 g/mol. The number of aromatic nitrogens is 2. The van der Waals surface area contributed by atoms with Gasteiger partial charge in [-0.1, -0.05) is 194 Å². The number of thiophene rings is 2. The first-order chi connectivity index (χ1) is 38.6. The molecule has 6 heteroatoms. The van der Waals surface area contributed by atoms with Gasteiger partial charge < -0.3 is 9.13 Å². The monoisotopic (exact) mass is 1020 g/mol. The molecule has 0 aliphatic heterocycles. The maximum atomic E-state index is 12.3. The van der Waals surface area contributed by atoms with E-state index in [4.69, 9.17) is 0 Å². The predicted molar refractivity (Wildman–Crippen MR) is 331 cm³/mol. The number of hydrogen-bond acceptors (Lipinski definition) is 4. The molecule has 0 amide bonds. The molecule has 4 heterocycles. The van der Waals surface area contributed by atoms with Crippen LogP contribution in [-0.2, 0) is 0 Å². The molecule has 17 rings (SSSR count). The summed E-state index contributed by atoms with van der Waals surface area (Å²) in [6.07, 6.45) is 0. The van der Waals surface area contributed by atoms with E-state index in [9.17, 15) is 10.5 Å². The highest BCUT2D eigenvalue weighted by Crippen LogP contribution is 2.53. The molecule has 0 bridgehead atoms. The van der Waals surface area contributed by atoms with Crippen LogP contribution in [-0.4, -0.2) is 9.13 Å². The molecule has 17 aromatic rings. The maximum Gasteiger partial charge on any atom is 0.101 e. The van der Waals surface area contributed by atoms with Gasteiger partial charge >= 0.3 is 0 Å². The van der Waals surface area contributed by atoms with E-state index in [1.54, 1.807) is 0 Å². The SMILES string of the molecule is N#Cc1c(C#N)c(-c2ccc3ccc4ccccc4c3c2)c(-n2c3ccccc3c3ccc4c5ccccc5sc4c32)c(-n2c3ccccc3c3ccc4c5ccccc5sc4c32)c1-c1ccc2ccc3ccccc3c2c1. The number of para-hydroxylation sites is 2. The summed E-state index contributed by atoms with van der Waals surface area (Å²) in [6, 6.07) is 88.7. The molecule has 0 fully saturated rings. The van der Waals surface area contributed by atoms with Crippen LogP contribution in [0.1, 0.15) is 11.1 Å². The summed E-state index contributed by atoms with van der Waals surface area (Å²) in [5, 5.41) is 42.5. The van der Waals surface area contributed by atoms with E-state index in [1.165, 1.54) is 30.9 Å². The first-order valence-electron chi connectivity index (χ1n) is 26.2. The quantitative estimate of drug-likeness (QED) is 0.165. The summed E-state index contributed by atoms with van der Waals surface area (Å²) < 4.78 is 9.68. The molecule has 0 spiro atoms. The summed E-state index contributed by atoms with van der Waals surface area (Å²) in [6.45, 7) is 0. The lowest BCUT2D eigenvalue weighted by Crippen LogP contribution is -2.12. The number of hydrogen-bond donors (Lipinski definition) is 0. The van der Waals surface area contributed by atoms with Gasteiger partial charge in [-0.25, -0.2) is 0 Å². The summed E-state index contributed by atoms with van der Waals surface area (Å²) in [4.78, 5) is 0. The Morgan fingerprint density at radius 3 is 1.08 bits per heavy atom. The second kappa shape index (κ2) is 16.2. The number of rotatable bonds is 4. The third-order valence-electron chi connectivity index (χ3n) is 16.5. The fraction of sp³-hybridized carbons (Fsp3) is 0. The minimum Gasteiger partial charge on any atom is -0.305 e. The fourth-order valence-electron chi connectivity index (χ4n) is 13.2. The summed E-state index contributed by atoms with van der Waals surface area (Å²) in [5.41, 5.74) is 9.52. The largest absolute Gasteiger partial charge is 0.305 e. The van der Waals surface area contributed by atoms with Crippen molar-refractivity contribution in [1.29, 1.82) is 10.5 Å². The smallest absolute Gasteiger partial charge is 0.101 e. The van der Waals surface area contributed by atoms with Crippen LogP contribution < -0.4 is 0 Å². The van der Waals surface area contributed by atoms with Crippen LogP contribution in [0.5, 0.6) is 0 Å². The van der Waals surface area contributed by atoms with Crippen LogP contribution in [0.15, 0.2) is 231 Å². The lowest BCUT2D eigenvalue weighted by atomic mass is 9.84. The van der Waals surface area contributed by atoms with Crippen LogP contribution in [0.25, 0.3) is 161 Å². The summed E-state index contributed by atoms with van der Waals surface area (Å²) in [7, 11) is 0. The van der Waals surface area contributed by atoms with Gasteiger partial charge in [0.05, 0.1) is 54.0 Å². The van der Waals surface area contributed by atoms with Crippen molar-refractivity contribution in [3.63, 3.8) is 0 Å². The van der Waals surface area contributed by atoms with Gasteiger partial charge in [0.1, 0.15) is 12.1 Å². The second-order valence-corrected chi connectivity index (χ2v) is 22.5. The Hall–Kier alpha value is -10.1. The van der Waals surface area contributed by atoms with Crippen molar-refractivity contribution in [3.8, 4) is 45.8 Å². The molecule has 0 saturated heterocycles. The average molecular weight is 1020 g/mol. The van der Waals surface area contributed by atoms with Gasteiger partial charge in [0.25, 0.3) is 0 Å². The van der Waals surface area contributed by atoms with Crippen molar-refractivity contribution in [2.45, 2.75) is 0 Å². The Bertz CT molecular complexity index is 5270. The molecule has 0 radical (unpaired) electrons. The van der Waals surface area contributed by atoms with Gasteiger partial charge in [0.15, 0.2) is 0 Å². The third kappa shape index (κ3) is 5.85. The van der Waals surface area contributed by atoms with E-state index >= 15 is 0 Å². The highest BCUT2D eigenvalue weighted by Gasteiger charge is 2.33. The molecule has 0 unspecified atom stereocenters. The Morgan fingerprint density at radius 2 is 0.641 bits per heavy atom. The van der Waals surface area contributed by atoms with Crippen LogP contribution in [0.3, 0.4) is 0 Å². The van der Waals surface area contributed by atoms with Gasteiger partial charge in [-0.15, -0.1) is 22.7 Å². The summed E-state index contributed by atoms with van der Waals surface area (Å²) in [5.74, 6) is 0. The van der Waals surface area contributed by atoms with Crippen LogP contribution in [0.4, 0.5) is 0 Å². The van der Waals surface area contributed by atoms with Crippen molar-refractivity contribution in [2.24, 2.45) is 0 Å². The number of nitrogens with zero attached hydrogens (tertiary/aromatic N) is 4. The molecule has 0 atom stereocenters. The van der Waals surface area contributed by atoms with Gasteiger partial charge in [-0.05, 0) is 90.6 Å². The minimum absolute atomic E-state index is 0.325. The number of benzene rings is 13. The predicted octanol–water partition coefficient (Wildman–Crippen LogP) is 20.3. The Labute approximate surface area is 453 Å². The Balaban J connectivity index is 1.19. The molecule has 0 N–H and O–H groups in total. The lowest BCUT2D eigenvalue weighted by molar-refractivity contribution is 1.10. The van der Waals surface area contributed by atoms with Crippen LogP contribution in [0.2, 0.25) is 0 Å². The van der Waals surface area contributed by atoms with Gasteiger partial charge in [-0.3, -0.25) is 0 Å². The Morgan fingerprint density at radius 1 is 0.295 bits per heavy atom. The number of fused-ring (bicyclic) bond motifs is 20. The molecule has 0 aliphatic rings. The molecule has 0 aliphatic carbocycles. The first kappa shape index (κ1) is 43.2. The second-order valence-electron chi connectivity index (χ2n) is 20.4. The average Bonchev–Trinajstić information content (AvgIpc) is 4.29.